The highest BCUT2D eigenvalue weighted by Gasteiger charge is 2.29. The third-order valence-corrected chi connectivity index (χ3v) is 3.11. The van der Waals surface area contributed by atoms with E-state index >= 15 is 0 Å². The van der Waals surface area contributed by atoms with E-state index in [-0.39, 0.29) is 5.91 Å². The van der Waals surface area contributed by atoms with E-state index in [1.54, 1.807) is 18.3 Å². The molecule has 2 N–H and O–H groups in total. The lowest BCUT2D eigenvalue weighted by atomic mass is 10.2. The van der Waals surface area contributed by atoms with Gasteiger partial charge in [0.15, 0.2) is 0 Å². The van der Waals surface area contributed by atoms with E-state index < -0.39 is 6.10 Å². The van der Waals surface area contributed by atoms with E-state index in [1.807, 2.05) is 19.0 Å². The number of rotatable bonds is 5. The van der Waals surface area contributed by atoms with Crippen LogP contribution in [0.25, 0.3) is 0 Å². The van der Waals surface area contributed by atoms with Gasteiger partial charge in [-0.1, -0.05) is 0 Å². The number of aromatic nitrogens is 1. The van der Waals surface area contributed by atoms with Crippen molar-refractivity contribution in [3.63, 3.8) is 0 Å². The SMILES string of the molecule is CN(C)c1ccc(C(=O)NCC(O)C2CC2)cn1. The molecule has 1 heterocycles. The first-order valence-corrected chi connectivity index (χ1v) is 6.17. The first kappa shape index (κ1) is 12.8. The Hall–Kier alpha value is -1.62. The molecule has 0 spiro atoms. The Kier molecular flexibility index (Phi) is 3.81. The summed E-state index contributed by atoms with van der Waals surface area (Å²) in [5, 5.41) is 12.4. The van der Waals surface area contributed by atoms with Gasteiger partial charge >= 0.3 is 0 Å². The first-order valence-electron chi connectivity index (χ1n) is 6.17. The topological polar surface area (TPSA) is 65.5 Å². The van der Waals surface area contributed by atoms with Gasteiger partial charge in [0.25, 0.3) is 5.91 Å². The summed E-state index contributed by atoms with van der Waals surface area (Å²) in [6.07, 6.45) is 3.27. The molecule has 1 amide bonds. The molecule has 1 aromatic rings. The van der Waals surface area contributed by atoms with Crippen LogP contribution in [0.15, 0.2) is 18.3 Å². The van der Waals surface area contributed by atoms with Crippen molar-refractivity contribution in [1.29, 1.82) is 0 Å². The molecule has 1 aliphatic carbocycles. The Morgan fingerprint density at radius 2 is 2.28 bits per heavy atom. The van der Waals surface area contributed by atoms with Crippen LogP contribution in [0.2, 0.25) is 0 Å². The minimum atomic E-state index is -0.414. The number of aliphatic hydroxyl groups is 1. The molecule has 2 rings (SSSR count). The lowest BCUT2D eigenvalue weighted by Gasteiger charge is -2.12. The van der Waals surface area contributed by atoms with Crippen molar-refractivity contribution in [2.24, 2.45) is 5.92 Å². The number of pyridine rings is 1. The number of nitrogens with one attached hydrogen (secondary N) is 1. The van der Waals surface area contributed by atoms with Gasteiger partial charge in [-0.05, 0) is 30.9 Å². The molecule has 18 heavy (non-hydrogen) atoms. The summed E-state index contributed by atoms with van der Waals surface area (Å²) in [6, 6.07) is 3.54. The van der Waals surface area contributed by atoms with Crippen molar-refractivity contribution >= 4 is 11.7 Å². The van der Waals surface area contributed by atoms with Gasteiger partial charge in [0.05, 0.1) is 11.7 Å². The molecule has 1 saturated carbocycles. The average molecular weight is 249 g/mol. The number of anilines is 1. The highest BCUT2D eigenvalue weighted by atomic mass is 16.3. The van der Waals surface area contributed by atoms with Gasteiger partial charge < -0.3 is 15.3 Å². The zero-order valence-corrected chi connectivity index (χ0v) is 10.8. The summed E-state index contributed by atoms with van der Waals surface area (Å²) in [6.45, 7) is 0.318. The minimum absolute atomic E-state index is 0.187. The Balaban J connectivity index is 1.87. The van der Waals surface area contributed by atoms with E-state index in [4.69, 9.17) is 0 Å². The van der Waals surface area contributed by atoms with E-state index in [2.05, 4.69) is 10.3 Å². The number of aliphatic hydroxyl groups excluding tert-OH is 1. The minimum Gasteiger partial charge on any atom is -0.391 e. The Labute approximate surface area is 107 Å². The van der Waals surface area contributed by atoms with E-state index in [9.17, 15) is 9.90 Å². The van der Waals surface area contributed by atoms with E-state index in [1.165, 1.54) is 0 Å². The predicted molar refractivity (Wildman–Crippen MR) is 69.6 cm³/mol. The van der Waals surface area contributed by atoms with Crippen LogP contribution in [0.4, 0.5) is 5.82 Å². The molecule has 0 bridgehead atoms. The normalized spacial score (nSPS) is 16.2. The van der Waals surface area contributed by atoms with Gasteiger partial charge in [-0.25, -0.2) is 4.98 Å². The maximum atomic E-state index is 11.8. The largest absolute Gasteiger partial charge is 0.391 e. The third-order valence-electron chi connectivity index (χ3n) is 3.11. The van der Waals surface area contributed by atoms with Crippen molar-refractivity contribution in [1.82, 2.24) is 10.3 Å². The second-order valence-corrected chi connectivity index (χ2v) is 4.91. The number of hydrogen-bond acceptors (Lipinski definition) is 4. The fourth-order valence-corrected chi connectivity index (χ4v) is 1.73. The van der Waals surface area contributed by atoms with Gasteiger partial charge in [-0.2, -0.15) is 0 Å². The molecule has 5 nitrogen and oxygen atoms in total. The van der Waals surface area contributed by atoms with Gasteiger partial charge in [0.1, 0.15) is 5.82 Å². The second-order valence-electron chi connectivity index (χ2n) is 4.91. The van der Waals surface area contributed by atoms with Crippen molar-refractivity contribution < 1.29 is 9.90 Å². The van der Waals surface area contributed by atoms with Crippen LogP contribution in [-0.2, 0) is 0 Å². The molecule has 0 saturated heterocycles. The van der Waals surface area contributed by atoms with Crippen molar-refractivity contribution in [3.8, 4) is 0 Å². The molecule has 1 unspecified atom stereocenters. The zero-order chi connectivity index (χ0) is 13.1. The van der Waals surface area contributed by atoms with Crippen molar-refractivity contribution in [2.45, 2.75) is 18.9 Å². The quantitative estimate of drug-likeness (QED) is 0.804. The first-order chi connectivity index (χ1) is 8.58. The lowest BCUT2D eigenvalue weighted by Crippen LogP contribution is -2.33. The average Bonchev–Trinajstić information content (AvgIpc) is 3.20. The summed E-state index contributed by atoms with van der Waals surface area (Å²) in [5.41, 5.74) is 0.517. The summed E-state index contributed by atoms with van der Waals surface area (Å²) in [5.74, 6) is 0.997. The molecule has 5 heteroatoms. The molecule has 1 aromatic heterocycles. The maximum Gasteiger partial charge on any atom is 0.252 e. The van der Waals surface area contributed by atoms with Crippen LogP contribution in [0.3, 0.4) is 0 Å². The van der Waals surface area contributed by atoms with Gasteiger partial charge in [0, 0.05) is 26.8 Å². The van der Waals surface area contributed by atoms with Crippen LogP contribution in [0.1, 0.15) is 23.2 Å². The van der Waals surface area contributed by atoms with Crippen LogP contribution in [0.5, 0.6) is 0 Å². The number of amides is 1. The van der Waals surface area contributed by atoms with Crippen molar-refractivity contribution in [2.75, 3.05) is 25.5 Å². The summed E-state index contributed by atoms with van der Waals surface area (Å²) >= 11 is 0. The molecule has 1 atom stereocenters. The standard InChI is InChI=1S/C13H19N3O2/c1-16(2)12-6-5-10(7-14-12)13(18)15-8-11(17)9-3-4-9/h5-7,9,11,17H,3-4,8H2,1-2H3,(H,15,18). The van der Waals surface area contributed by atoms with Gasteiger partial charge in [0.2, 0.25) is 0 Å². The molecular formula is C13H19N3O2. The van der Waals surface area contributed by atoms with E-state index in [0.29, 0.717) is 18.0 Å². The molecule has 98 valence electrons. The fourth-order valence-electron chi connectivity index (χ4n) is 1.73. The number of carbonyl (C=O) groups excluding carboxylic acids is 1. The second kappa shape index (κ2) is 5.35. The summed E-state index contributed by atoms with van der Waals surface area (Å²) in [4.78, 5) is 17.8. The highest BCUT2D eigenvalue weighted by Crippen LogP contribution is 2.32. The highest BCUT2D eigenvalue weighted by molar-refractivity contribution is 5.94. The predicted octanol–water partition coefficient (Wildman–Crippen LogP) is 0.648. The summed E-state index contributed by atoms with van der Waals surface area (Å²) < 4.78 is 0. The molecule has 0 aliphatic heterocycles. The molecule has 0 radical (unpaired) electrons. The van der Waals surface area contributed by atoms with Crippen LogP contribution < -0.4 is 10.2 Å². The Morgan fingerprint density at radius 3 is 2.78 bits per heavy atom. The molecular weight excluding hydrogens is 230 g/mol. The monoisotopic (exact) mass is 249 g/mol. The molecule has 0 aromatic carbocycles. The zero-order valence-electron chi connectivity index (χ0n) is 10.8. The lowest BCUT2D eigenvalue weighted by molar-refractivity contribution is 0.0901. The third kappa shape index (κ3) is 3.20. The Morgan fingerprint density at radius 1 is 1.56 bits per heavy atom. The molecule has 1 aliphatic rings. The fraction of sp³-hybridized carbons (Fsp3) is 0.538. The molecule has 1 fully saturated rings. The van der Waals surface area contributed by atoms with Gasteiger partial charge in [-0.15, -0.1) is 0 Å². The van der Waals surface area contributed by atoms with Crippen LogP contribution >= 0.6 is 0 Å². The van der Waals surface area contributed by atoms with E-state index in [0.717, 1.165) is 18.7 Å². The maximum absolute atomic E-state index is 11.8. The van der Waals surface area contributed by atoms with Crippen LogP contribution in [-0.4, -0.2) is 42.7 Å². The number of hydrogen-bond donors (Lipinski definition) is 2. The number of carbonyl (C=O) groups is 1. The number of nitrogens with zero attached hydrogens (tertiary/aromatic N) is 2. The van der Waals surface area contributed by atoms with Gasteiger partial charge in [-0.3, -0.25) is 4.79 Å². The summed E-state index contributed by atoms with van der Waals surface area (Å²) in [7, 11) is 3.79. The Bertz CT molecular complexity index is 413. The van der Waals surface area contributed by atoms with Crippen molar-refractivity contribution in [3.05, 3.63) is 23.9 Å². The van der Waals surface area contributed by atoms with Crippen LogP contribution in [0, 0.1) is 5.92 Å². The smallest absolute Gasteiger partial charge is 0.252 e.